The Morgan fingerprint density at radius 3 is 2.93 bits per heavy atom. The summed E-state index contributed by atoms with van der Waals surface area (Å²) in [4.78, 5) is 0. The van der Waals surface area contributed by atoms with Gasteiger partial charge in [0.1, 0.15) is 0 Å². The predicted octanol–water partition coefficient (Wildman–Crippen LogP) is 2.24. The second-order valence-corrected chi connectivity index (χ2v) is 4.70. The van der Waals surface area contributed by atoms with Crippen LogP contribution in [0.1, 0.15) is 38.4 Å². The monoisotopic (exact) mass is 228 g/mol. The number of tetrazole rings is 1. The summed E-state index contributed by atoms with van der Waals surface area (Å²) in [5.74, 6) is 2.68. The van der Waals surface area contributed by atoms with Crippen molar-refractivity contribution in [2.75, 3.05) is 0 Å². The third kappa shape index (κ3) is 2.48. The minimum atomic E-state index is 0.397. The zero-order chi connectivity index (χ0) is 10.7. The molecule has 15 heavy (non-hydrogen) atoms. The van der Waals surface area contributed by atoms with Crippen molar-refractivity contribution in [3.8, 4) is 0 Å². The molecule has 0 amide bonds. The van der Waals surface area contributed by atoms with Gasteiger partial charge >= 0.3 is 0 Å². The molecule has 0 saturated heterocycles. The maximum Gasteiger partial charge on any atom is 0.166 e. The average Bonchev–Trinajstić information content (AvgIpc) is 2.69. The van der Waals surface area contributed by atoms with Crippen LogP contribution in [0.15, 0.2) is 0 Å². The Morgan fingerprint density at radius 2 is 2.20 bits per heavy atom. The lowest BCUT2D eigenvalue weighted by Crippen LogP contribution is -2.23. The third-order valence-corrected chi connectivity index (χ3v) is 3.66. The van der Waals surface area contributed by atoms with Gasteiger partial charge in [-0.05, 0) is 28.7 Å². The van der Waals surface area contributed by atoms with Gasteiger partial charge in [-0.2, -0.15) is 0 Å². The lowest BCUT2D eigenvalue weighted by Gasteiger charge is -2.28. The van der Waals surface area contributed by atoms with Crippen LogP contribution >= 0.6 is 11.6 Å². The van der Waals surface area contributed by atoms with Gasteiger partial charge in [0.25, 0.3) is 0 Å². The molecule has 2 unspecified atom stereocenters. The summed E-state index contributed by atoms with van der Waals surface area (Å²) in [7, 11) is 0. The van der Waals surface area contributed by atoms with E-state index < -0.39 is 0 Å². The number of alkyl halides is 1. The molecular formula is C10H17ClN4. The Morgan fingerprint density at radius 1 is 1.40 bits per heavy atom. The van der Waals surface area contributed by atoms with Crippen molar-refractivity contribution in [2.45, 2.75) is 45.0 Å². The number of rotatable bonds is 3. The molecule has 0 aromatic carbocycles. The fourth-order valence-electron chi connectivity index (χ4n) is 2.35. The second kappa shape index (κ2) is 4.92. The zero-order valence-electron chi connectivity index (χ0n) is 9.06. The molecule has 1 aromatic heterocycles. The number of aromatic nitrogens is 4. The molecule has 2 atom stereocenters. The molecule has 1 aliphatic carbocycles. The van der Waals surface area contributed by atoms with Crippen LogP contribution < -0.4 is 0 Å². The lowest BCUT2D eigenvalue weighted by molar-refractivity contribution is 0.219. The molecular weight excluding hydrogens is 212 g/mol. The van der Waals surface area contributed by atoms with Crippen LogP contribution in [0.2, 0.25) is 0 Å². The number of hydrogen-bond acceptors (Lipinski definition) is 3. The van der Waals surface area contributed by atoms with E-state index >= 15 is 0 Å². The Balaban J connectivity index is 2.01. The molecule has 5 heteroatoms. The normalized spacial score (nSPS) is 26.8. The minimum absolute atomic E-state index is 0.397. The molecule has 4 nitrogen and oxygen atoms in total. The molecule has 2 rings (SSSR count). The van der Waals surface area contributed by atoms with E-state index in [2.05, 4.69) is 22.4 Å². The second-order valence-electron chi connectivity index (χ2n) is 4.43. The van der Waals surface area contributed by atoms with Crippen LogP contribution in [-0.4, -0.2) is 20.2 Å². The van der Waals surface area contributed by atoms with Gasteiger partial charge in [-0.25, -0.2) is 4.68 Å². The molecule has 0 N–H and O–H groups in total. The Kier molecular flexibility index (Phi) is 3.57. The van der Waals surface area contributed by atoms with Crippen LogP contribution in [0.5, 0.6) is 0 Å². The molecule has 1 aliphatic rings. The molecule has 0 bridgehead atoms. The van der Waals surface area contributed by atoms with Gasteiger partial charge in [-0.15, -0.1) is 16.7 Å². The summed E-state index contributed by atoms with van der Waals surface area (Å²) in [6, 6.07) is 0. The average molecular weight is 229 g/mol. The Bertz CT molecular complexity index is 312. The van der Waals surface area contributed by atoms with Gasteiger partial charge in [0.2, 0.25) is 0 Å². The first-order valence-electron chi connectivity index (χ1n) is 5.62. The van der Waals surface area contributed by atoms with Crippen molar-refractivity contribution < 1.29 is 0 Å². The molecule has 0 spiro atoms. The van der Waals surface area contributed by atoms with Gasteiger partial charge in [0.15, 0.2) is 5.82 Å². The number of nitrogens with zero attached hydrogens (tertiary/aromatic N) is 4. The van der Waals surface area contributed by atoms with E-state index in [0.717, 1.165) is 18.3 Å². The Labute approximate surface area is 95.0 Å². The van der Waals surface area contributed by atoms with Gasteiger partial charge in [0.05, 0.1) is 5.88 Å². The van der Waals surface area contributed by atoms with Crippen LogP contribution in [-0.2, 0) is 12.4 Å². The van der Waals surface area contributed by atoms with E-state index in [-0.39, 0.29) is 0 Å². The third-order valence-electron chi connectivity index (χ3n) is 3.42. The molecule has 0 aliphatic heterocycles. The first-order valence-corrected chi connectivity index (χ1v) is 6.15. The summed E-state index contributed by atoms with van der Waals surface area (Å²) in [6.07, 6.45) is 5.34. The quantitative estimate of drug-likeness (QED) is 0.746. The predicted molar refractivity (Wildman–Crippen MR) is 58.5 cm³/mol. The van der Waals surface area contributed by atoms with E-state index in [4.69, 9.17) is 11.6 Å². The summed E-state index contributed by atoms with van der Waals surface area (Å²) >= 11 is 5.76. The molecule has 1 fully saturated rings. The first-order chi connectivity index (χ1) is 7.31. The maximum atomic E-state index is 5.76. The van der Waals surface area contributed by atoms with E-state index in [1.165, 1.54) is 25.7 Å². The highest BCUT2D eigenvalue weighted by atomic mass is 35.5. The molecule has 1 aromatic rings. The zero-order valence-corrected chi connectivity index (χ0v) is 9.82. The lowest BCUT2D eigenvalue weighted by atomic mass is 9.80. The Hall–Kier alpha value is -0.640. The largest absolute Gasteiger partial charge is 0.228 e. The summed E-state index contributed by atoms with van der Waals surface area (Å²) in [5, 5.41) is 11.5. The first kappa shape index (κ1) is 10.9. The van der Waals surface area contributed by atoms with Crippen LogP contribution in [0.25, 0.3) is 0 Å². The van der Waals surface area contributed by atoms with Crippen LogP contribution in [0, 0.1) is 11.8 Å². The highest BCUT2D eigenvalue weighted by Crippen LogP contribution is 2.30. The number of halogens is 1. The minimum Gasteiger partial charge on any atom is -0.228 e. The van der Waals surface area contributed by atoms with Crippen molar-refractivity contribution in [3.05, 3.63) is 5.82 Å². The molecule has 1 heterocycles. The SMILES string of the molecule is CC1CCCCC1Cn1nnnc1CCl. The topological polar surface area (TPSA) is 43.6 Å². The van der Waals surface area contributed by atoms with Crippen molar-refractivity contribution in [1.29, 1.82) is 0 Å². The summed E-state index contributed by atoms with van der Waals surface area (Å²) in [6.45, 7) is 3.25. The van der Waals surface area contributed by atoms with Gasteiger partial charge in [-0.1, -0.05) is 26.2 Å². The van der Waals surface area contributed by atoms with Crippen molar-refractivity contribution in [1.82, 2.24) is 20.2 Å². The fourth-order valence-corrected chi connectivity index (χ4v) is 2.54. The van der Waals surface area contributed by atoms with Gasteiger partial charge < -0.3 is 0 Å². The summed E-state index contributed by atoms with van der Waals surface area (Å²) < 4.78 is 1.86. The van der Waals surface area contributed by atoms with Crippen molar-refractivity contribution in [3.63, 3.8) is 0 Å². The van der Waals surface area contributed by atoms with E-state index in [9.17, 15) is 0 Å². The van der Waals surface area contributed by atoms with Gasteiger partial charge in [-0.3, -0.25) is 0 Å². The molecule has 0 radical (unpaired) electrons. The van der Waals surface area contributed by atoms with Crippen LogP contribution in [0.4, 0.5) is 0 Å². The molecule has 1 saturated carbocycles. The summed E-state index contributed by atoms with van der Waals surface area (Å²) in [5.41, 5.74) is 0. The van der Waals surface area contributed by atoms with Crippen molar-refractivity contribution in [2.24, 2.45) is 11.8 Å². The molecule has 84 valence electrons. The highest BCUT2D eigenvalue weighted by Gasteiger charge is 2.22. The fraction of sp³-hybridized carbons (Fsp3) is 0.900. The highest BCUT2D eigenvalue weighted by molar-refractivity contribution is 6.16. The van der Waals surface area contributed by atoms with E-state index in [0.29, 0.717) is 11.8 Å². The van der Waals surface area contributed by atoms with Crippen LogP contribution in [0.3, 0.4) is 0 Å². The van der Waals surface area contributed by atoms with Gasteiger partial charge in [0, 0.05) is 6.54 Å². The van der Waals surface area contributed by atoms with Crippen molar-refractivity contribution >= 4 is 11.6 Å². The number of hydrogen-bond donors (Lipinski definition) is 0. The van der Waals surface area contributed by atoms with E-state index in [1.807, 2.05) is 4.68 Å². The maximum absolute atomic E-state index is 5.76. The smallest absolute Gasteiger partial charge is 0.166 e. The standard InChI is InChI=1S/C10H17ClN4/c1-8-4-2-3-5-9(8)7-15-10(6-11)12-13-14-15/h8-9H,2-7H2,1H3. The van der Waals surface area contributed by atoms with E-state index in [1.54, 1.807) is 0 Å².